The number of hydrogen-bond acceptors (Lipinski definition) is 3. The summed E-state index contributed by atoms with van der Waals surface area (Å²) >= 11 is 6.42. The van der Waals surface area contributed by atoms with Gasteiger partial charge in [0.2, 0.25) is 0 Å². The van der Waals surface area contributed by atoms with Crippen LogP contribution in [0.4, 0.5) is 9.18 Å². The summed E-state index contributed by atoms with van der Waals surface area (Å²) in [4.78, 5) is 13.1. The van der Waals surface area contributed by atoms with Crippen molar-refractivity contribution in [2.24, 2.45) is 0 Å². The van der Waals surface area contributed by atoms with Gasteiger partial charge in [-0.25, -0.2) is 4.39 Å². The van der Waals surface area contributed by atoms with E-state index in [-0.39, 0.29) is 15.8 Å². The predicted octanol–water partition coefficient (Wildman–Crippen LogP) is 3.12. The number of rotatable bonds is 1. The van der Waals surface area contributed by atoms with Crippen molar-refractivity contribution in [3.63, 3.8) is 0 Å². The molecule has 0 spiro atoms. The molecule has 0 aromatic heterocycles. The van der Waals surface area contributed by atoms with Gasteiger partial charge in [-0.1, -0.05) is 11.6 Å². The lowest BCUT2D eigenvalue weighted by Crippen LogP contribution is -2.16. The van der Waals surface area contributed by atoms with E-state index < -0.39 is 5.82 Å². The first kappa shape index (κ1) is 12.8. The Morgan fingerprint density at radius 3 is 2.69 bits per heavy atom. The fourth-order valence-electron chi connectivity index (χ4n) is 0.886. The Labute approximate surface area is 102 Å². The topological polar surface area (TPSA) is 44.1 Å². The Kier molecular flexibility index (Phi) is 4.16. The lowest BCUT2D eigenvalue weighted by atomic mass is 10.2. The van der Waals surface area contributed by atoms with Gasteiger partial charge in [0.25, 0.3) is 5.24 Å². The van der Waals surface area contributed by atoms with Crippen LogP contribution in [0.1, 0.15) is 5.56 Å². The lowest BCUT2D eigenvalue weighted by Gasteiger charge is -2.10. The van der Waals surface area contributed by atoms with Crippen molar-refractivity contribution < 1.29 is 9.18 Å². The van der Waals surface area contributed by atoms with Gasteiger partial charge in [0.1, 0.15) is 11.9 Å². The van der Waals surface area contributed by atoms with E-state index in [9.17, 15) is 9.18 Å². The van der Waals surface area contributed by atoms with Crippen LogP contribution < -0.4 is 0 Å². The number of carbonyl (C=O) groups is 1. The van der Waals surface area contributed by atoms with Crippen molar-refractivity contribution in [1.29, 1.82) is 5.26 Å². The third-order valence-corrected chi connectivity index (χ3v) is 3.09. The minimum atomic E-state index is -0.667. The van der Waals surface area contributed by atoms with Crippen LogP contribution >= 0.6 is 23.4 Å². The smallest absolute Gasteiger partial charge is 0.285 e. The number of halogens is 2. The van der Waals surface area contributed by atoms with Crippen molar-refractivity contribution in [3.05, 3.63) is 28.5 Å². The molecule has 0 saturated carbocycles. The Hall–Kier alpha value is -1.25. The average Bonchev–Trinajstić information content (AvgIpc) is 2.22. The maximum atomic E-state index is 13.1. The Morgan fingerprint density at radius 2 is 2.19 bits per heavy atom. The monoisotopic (exact) mass is 258 g/mol. The van der Waals surface area contributed by atoms with Crippen LogP contribution in [-0.4, -0.2) is 24.2 Å². The van der Waals surface area contributed by atoms with Crippen molar-refractivity contribution >= 4 is 28.6 Å². The SMILES string of the molecule is CN(C)C(=O)Sc1cc(Cl)c(F)cc1C#N. The van der Waals surface area contributed by atoms with E-state index in [2.05, 4.69) is 0 Å². The van der Waals surface area contributed by atoms with Gasteiger partial charge < -0.3 is 4.90 Å². The number of thioether (sulfide) groups is 1. The second kappa shape index (κ2) is 5.19. The van der Waals surface area contributed by atoms with Crippen molar-refractivity contribution in [2.45, 2.75) is 4.90 Å². The molecule has 0 radical (unpaired) electrons. The number of benzene rings is 1. The van der Waals surface area contributed by atoms with Gasteiger partial charge in [-0.3, -0.25) is 4.79 Å². The Bertz CT molecular complexity index is 471. The second-order valence-corrected chi connectivity index (χ2v) is 4.54. The molecule has 1 rings (SSSR count). The van der Waals surface area contributed by atoms with Crippen LogP contribution in [0.3, 0.4) is 0 Å². The summed E-state index contributed by atoms with van der Waals surface area (Å²) in [5.74, 6) is -0.667. The maximum Gasteiger partial charge on any atom is 0.285 e. The summed E-state index contributed by atoms with van der Waals surface area (Å²) in [6.45, 7) is 0. The van der Waals surface area contributed by atoms with Crippen LogP contribution in [-0.2, 0) is 0 Å². The molecule has 84 valence electrons. The first-order valence-electron chi connectivity index (χ1n) is 4.24. The third kappa shape index (κ3) is 2.87. The molecule has 1 aromatic carbocycles. The summed E-state index contributed by atoms with van der Waals surface area (Å²) in [7, 11) is 3.18. The van der Waals surface area contributed by atoms with Crippen LogP contribution in [0, 0.1) is 17.1 Å². The molecular formula is C10H8ClFN2OS. The molecule has 0 saturated heterocycles. The Morgan fingerprint density at radius 1 is 1.56 bits per heavy atom. The van der Waals surface area contributed by atoms with Gasteiger partial charge in [-0.05, 0) is 23.9 Å². The molecule has 0 bridgehead atoms. The summed E-state index contributed by atoms with van der Waals surface area (Å²) in [6, 6.07) is 4.12. The van der Waals surface area contributed by atoms with Crippen LogP contribution in [0.2, 0.25) is 5.02 Å². The zero-order valence-corrected chi connectivity index (χ0v) is 10.2. The van der Waals surface area contributed by atoms with Crippen LogP contribution in [0.25, 0.3) is 0 Å². The molecule has 6 heteroatoms. The van der Waals surface area contributed by atoms with Crippen molar-refractivity contribution in [1.82, 2.24) is 4.90 Å². The molecule has 0 heterocycles. The minimum absolute atomic E-state index is 0.0992. The zero-order valence-electron chi connectivity index (χ0n) is 8.62. The van der Waals surface area contributed by atoms with E-state index in [1.165, 1.54) is 11.0 Å². The van der Waals surface area contributed by atoms with Gasteiger partial charge in [-0.15, -0.1) is 0 Å². The van der Waals surface area contributed by atoms with Gasteiger partial charge in [0, 0.05) is 19.0 Å². The van der Waals surface area contributed by atoms with Gasteiger partial charge in [0.15, 0.2) is 0 Å². The molecule has 0 atom stereocenters. The Balaban J connectivity index is 3.09. The van der Waals surface area contributed by atoms with Gasteiger partial charge in [0.05, 0.1) is 10.6 Å². The first-order valence-corrected chi connectivity index (χ1v) is 5.43. The van der Waals surface area contributed by atoms with E-state index in [1.807, 2.05) is 6.07 Å². The highest BCUT2D eigenvalue weighted by atomic mass is 35.5. The van der Waals surface area contributed by atoms with E-state index in [0.29, 0.717) is 4.90 Å². The van der Waals surface area contributed by atoms with Crippen LogP contribution in [0.15, 0.2) is 17.0 Å². The molecule has 0 fully saturated rings. The highest BCUT2D eigenvalue weighted by molar-refractivity contribution is 8.13. The number of hydrogen-bond donors (Lipinski definition) is 0. The summed E-state index contributed by atoms with van der Waals surface area (Å²) in [5.41, 5.74) is 0.0992. The molecule has 0 aliphatic carbocycles. The molecule has 1 amide bonds. The van der Waals surface area contributed by atoms with E-state index in [1.54, 1.807) is 14.1 Å². The molecule has 16 heavy (non-hydrogen) atoms. The molecule has 1 aromatic rings. The van der Waals surface area contributed by atoms with Crippen molar-refractivity contribution in [3.8, 4) is 6.07 Å². The van der Waals surface area contributed by atoms with Crippen LogP contribution in [0.5, 0.6) is 0 Å². The quantitative estimate of drug-likeness (QED) is 0.727. The predicted molar refractivity (Wildman–Crippen MR) is 61.1 cm³/mol. The standard InChI is InChI=1S/C10H8ClFN2OS/c1-14(2)10(15)16-9-4-7(11)8(12)3-6(9)5-13/h3-4H,1-2H3. The fourth-order valence-corrected chi connectivity index (χ4v) is 1.88. The average molecular weight is 259 g/mol. The van der Waals surface area contributed by atoms with Gasteiger partial charge >= 0.3 is 0 Å². The molecular weight excluding hydrogens is 251 g/mol. The summed E-state index contributed by atoms with van der Waals surface area (Å²) in [6.07, 6.45) is 0. The largest absolute Gasteiger partial charge is 0.339 e. The molecule has 3 nitrogen and oxygen atoms in total. The van der Waals surface area contributed by atoms with E-state index in [4.69, 9.17) is 16.9 Å². The van der Waals surface area contributed by atoms with Crippen molar-refractivity contribution in [2.75, 3.05) is 14.1 Å². The van der Waals surface area contributed by atoms with Gasteiger partial charge in [-0.2, -0.15) is 5.26 Å². The number of nitrogens with zero attached hydrogens (tertiary/aromatic N) is 2. The summed E-state index contributed by atoms with van der Waals surface area (Å²) in [5, 5.41) is 8.43. The first-order chi connectivity index (χ1) is 7.45. The third-order valence-electron chi connectivity index (χ3n) is 1.71. The normalized spacial score (nSPS) is 9.69. The number of amides is 1. The second-order valence-electron chi connectivity index (χ2n) is 3.14. The molecule has 0 aliphatic rings. The number of carbonyl (C=O) groups excluding carboxylic acids is 1. The molecule has 0 unspecified atom stereocenters. The fraction of sp³-hybridized carbons (Fsp3) is 0.200. The lowest BCUT2D eigenvalue weighted by molar-refractivity contribution is 0.241. The highest BCUT2D eigenvalue weighted by Gasteiger charge is 2.13. The maximum absolute atomic E-state index is 13.1. The summed E-state index contributed by atoms with van der Waals surface area (Å²) < 4.78 is 13.1. The zero-order chi connectivity index (χ0) is 12.3. The molecule has 0 aliphatic heterocycles. The minimum Gasteiger partial charge on any atom is -0.339 e. The molecule has 0 N–H and O–H groups in total. The number of nitriles is 1. The van der Waals surface area contributed by atoms with E-state index in [0.717, 1.165) is 17.8 Å². The highest BCUT2D eigenvalue weighted by Crippen LogP contribution is 2.29. The van der Waals surface area contributed by atoms with E-state index >= 15 is 0 Å².